The maximum absolute atomic E-state index is 12.0. The second-order valence-electron chi connectivity index (χ2n) is 5.11. The van der Waals surface area contributed by atoms with Crippen LogP contribution < -0.4 is 5.32 Å². The Hall–Kier alpha value is -0.320. The first-order chi connectivity index (χ1) is 7.66. The van der Waals surface area contributed by atoms with Crippen molar-refractivity contribution < 1.29 is 9.53 Å². The topological polar surface area (TPSA) is 41.6 Å². The van der Waals surface area contributed by atoms with Gasteiger partial charge in [-0.3, -0.25) is 4.79 Å². The lowest BCUT2D eigenvalue weighted by Gasteiger charge is -2.36. The van der Waals surface area contributed by atoms with Crippen LogP contribution in [0.4, 0.5) is 0 Å². The van der Waals surface area contributed by atoms with E-state index in [0.29, 0.717) is 13.2 Å². The van der Waals surface area contributed by atoms with E-state index in [2.05, 4.69) is 5.32 Å². The van der Waals surface area contributed by atoms with Crippen LogP contribution >= 0.6 is 12.4 Å². The number of nitrogens with zero attached hydrogens (tertiary/aromatic N) is 1. The van der Waals surface area contributed by atoms with Gasteiger partial charge in [0.05, 0.1) is 25.3 Å². The highest BCUT2D eigenvalue weighted by Crippen LogP contribution is 2.27. The molecule has 1 aliphatic carbocycles. The summed E-state index contributed by atoms with van der Waals surface area (Å²) in [6.07, 6.45) is 2.82. The molecule has 17 heavy (non-hydrogen) atoms. The van der Waals surface area contributed by atoms with Crippen molar-refractivity contribution in [1.29, 1.82) is 0 Å². The zero-order chi connectivity index (χ0) is 11.5. The van der Waals surface area contributed by atoms with E-state index in [1.165, 1.54) is 12.8 Å². The molecule has 1 aliphatic heterocycles. The van der Waals surface area contributed by atoms with Gasteiger partial charge in [0.1, 0.15) is 0 Å². The minimum Gasteiger partial charge on any atom is -0.375 e. The lowest BCUT2D eigenvalue weighted by atomic mass is 10.2. The van der Waals surface area contributed by atoms with Crippen molar-refractivity contribution in [1.82, 2.24) is 10.2 Å². The molecular weight excluding hydrogens is 240 g/mol. The minimum absolute atomic E-state index is 0. The molecule has 0 aromatic carbocycles. The summed E-state index contributed by atoms with van der Waals surface area (Å²) in [6, 6.07) is 0.214. The van der Waals surface area contributed by atoms with Crippen LogP contribution in [0.25, 0.3) is 0 Å². The van der Waals surface area contributed by atoms with Crippen LogP contribution in [-0.2, 0) is 9.53 Å². The fourth-order valence-electron chi connectivity index (χ4n) is 2.06. The molecule has 2 fully saturated rings. The summed E-state index contributed by atoms with van der Waals surface area (Å²) < 4.78 is 5.51. The largest absolute Gasteiger partial charge is 0.375 e. The highest BCUT2D eigenvalue weighted by Gasteiger charge is 2.27. The summed E-state index contributed by atoms with van der Waals surface area (Å²) in [5, 5.41) is 3.25. The van der Waals surface area contributed by atoms with E-state index in [1.807, 2.05) is 18.7 Å². The Kier molecular flexibility index (Phi) is 5.70. The van der Waals surface area contributed by atoms with Gasteiger partial charge < -0.3 is 15.0 Å². The lowest BCUT2D eigenvalue weighted by molar-refractivity contribution is -0.142. The molecule has 1 amide bonds. The maximum Gasteiger partial charge on any atom is 0.236 e. The number of hydrogen-bond donors (Lipinski definition) is 1. The minimum atomic E-state index is 0. The van der Waals surface area contributed by atoms with Gasteiger partial charge in [0, 0.05) is 6.54 Å². The average molecular weight is 263 g/mol. The van der Waals surface area contributed by atoms with Gasteiger partial charge in [-0.05, 0) is 39.2 Å². The van der Waals surface area contributed by atoms with Crippen molar-refractivity contribution in [3.63, 3.8) is 0 Å². The van der Waals surface area contributed by atoms with Crippen LogP contribution in [-0.4, -0.2) is 49.2 Å². The van der Waals surface area contributed by atoms with Gasteiger partial charge >= 0.3 is 0 Å². The van der Waals surface area contributed by atoms with E-state index < -0.39 is 0 Å². The standard InChI is InChI=1S/C12H22N2O2.ClH/c1-9-8-16-10(2)7-14(9)12(15)6-13-5-11-3-4-11;/h9-11,13H,3-8H2,1-2H3;1H. The number of ether oxygens (including phenoxy) is 1. The Balaban J connectivity index is 0.00000144. The molecule has 2 unspecified atom stereocenters. The van der Waals surface area contributed by atoms with Crippen LogP contribution in [0.2, 0.25) is 0 Å². The van der Waals surface area contributed by atoms with Crippen molar-refractivity contribution in [3.05, 3.63) is 0 Å². The molecule has 1 N–H and O–H groups in total. The third-order valence-electron chi connectivity index (χ3n) is 3.33. The van der Waals surface area contributed by atoms with E-state index in [-0.39, 0.29) is 30.5 Å². The van der Waals surface area contributed by atoms with E-state index >= 15 is 0 Å². The van der Waals surface area contributed by atoms with Crippen LogP contribution in [0.3, 0.4) is 0 Å². The van der Waals surface area contributed by atoms with Gasteiger partial charge in [-0.15, -0.1) is 12.4 Å². The van der Waals surface area contributed by atoms with Gasteiger partial charge in [-0.1, -0.05) is 0 Å². The van der Waals surface area contributed by atoms with Crippen LogP contribution in [0.5, 0.6) is 0 Å². The van der Waals surface area contributed by atoms with Crippen molar-refractivity contribution in [2.24, 2.45) is 5.92 Å². The highest BCUT2D eigenvalue weighted by molar-refractivity contribution is 5.85. The number of carbonyl (C=O) groups excluding carboxylic acids is 1. The summed E-state index contributed by atoms with van der Waals surface area (Å²) in [5.41, 5.74) is 0. The smallest absolute Gasteiger partial charge is 0.236 e. The molecule has 100 valence electrons. The predicted octanol–water partition coefficient (Wildman–Crippen LogP) is 1.04. The molecule has 2 aliphatic rings. The van der Waals surface area contributed by atoms with Crippen LogP contribution in [0.15, 0.2) is 0 Å². The number of nitrogens with one attached hydrogen (secondary N) is 1. The zero-order valence-electron chi connectivity index (χ0n) is 10.6. The van der Waals surface area contributed by atoms with Gasteiger partial charge in [0.2, 0.25) is 5.91 Å². The first kappa shape index (κ1) is 14.7. The Bertz CT molecular complexity index is 259. The number of morpholine rings is 1. The van der Waals surface area contributed by atoms with Gasteiger partial charge in [0.15, 0.2) is 0 Å². The second kappa shape index (κ2) is 6.57. The molecule has 0 bridgehead atoms. The summed E-state index contributed by atoms with van der Waals surface area (Å²) in [5.74, 6) is 1.04. The predicted molar refractivity (Wildman–Crippen MR) is 69.4 cm³/mol. The second-order valence-corrected chi connectivity index (χ2v) is 5.11. The quantitative estimate of drug-likeness (QED) is 0.823. The number of carbonyl (C=O) groups is 1. The van der Waals surface area contributed by atoms with Gasteiger partial charge in [-0.25, -0.2) is 0 Å². The zero-order valence-corrected chi connectivity index (χ0v) is 11.5. The SMILES string of the molecule is CC1CN(C(=O)CNCC2CC2)C(C)CO1.Cl. The molecule has 0 aromatic heterocycles. The number of amides is 1. The molecule has 2 atom stereocenters. The Labute approximate surface area is 109 Å². The fraction of sp³-hybridized carbons (Fsp3) is 0.917. The Morgan fingerprint density at radius 2 is 2.12 bits per heavy atom. The number of rotatable bonds is 4. The average Bonchev–Trinajstić information content (AvgIpc) is 3.05. The third-order valence-corrected chi connectivity index (χ3v) is 3.33. The summed E-state index contributed by atoms with van der Waals surface area (Å²) in [4.78, 5) is 13.9. The monoisotopic (exact) mass is 262 g/mol. The molecular formula is C12H23ClN2O2. The van der Waals surface area contributed by atoms with E-state index in [0.717, 1.165) is 19.0 Å². The van der Waals surface area contributed by atoms with Gasteiger partial charge in [0.25, 0.3) is 0 Å². The van der Waals surface area contributed by atoms with Crippen molar-refractivity contribution >= 4 is 18.3 Å². The maximum atomic E-state index is 12.0. The van der Waals surface area contributed by atoms with Crippen molar-refractivity contribution in [2.45, 2.75) is 38.8 Å². The Morgan fingerprint density at radius 3 is 2.76 bits per heavy atom. The molecule has 1 heterocycles. The number of halogens is 1. The summed E-state index contributed by atoms with van der Waals surface area (Å²) in [7, 11) is 0. The molecule has 1 saturated heterocycles. The molecule has 0 aromatic rings. The van der Waals surface area contributed by atoms with E-state index in [1.54, 1.807) is 0 Å². The van der Waals surface area contributed by atoms with E-state index in [4.69, 9.17) is 4.74 Å². The van der Waals surface area contributed by atoms with Crippen LogP contribution in [0.1, 0.15) is 26.7 Å². The fourth-order valence-corrected chi connectivity index (χ4v) is 2.06. The molecule has 4 nitrogen and oxygen atoms in total. The van der Waals surface area contributed by atoms with Crippen molar-refractivity contribution in [3.8, 4) is 0 Å². The first-order valence-electron chi connectivity index (χ1n) is 6.28. The van der Waals surface area contributed by atoms with E-state index in [9.17, 15) is 4.79 Å². The molecule has 2 rings (SSSR count). The van der Waals surface area contributed by atoms with Crippen molar-refractivity contribution in [2.75, 3.05) is 26.2 Å². The van der Waals surface area contributed by atoms with Crippen LogP contribution in [0, 0.1) is 5.92 Å². The van der Waals surface area contributed by atoms with Gasteiger partial charge in [-0.2, -0.15) is 0 Å². The molecule has 0 radical (unpaired) electrons. The Morgan fingerprint density at radius 1 is 1.41 bits per heavy atom. The number of hydrogen-bond acceptors (Lipinski definition) is 3. The highest BCUT2D eigenvalue weighted by atomic mass is 35.5. The molecule has 5 heteroatoms. The lowest BCUT2D eigenvalue weighted by Crippen LogP contribution is -2.52. The summed E-state index contributed by atoms with van der Waals surface area (Å²) >= 11 is 0. The third kappa shape index (κ3) is 4.45. The molecule has 0 spiro atoms. The first-order valence-corrected chi connectivity index (χ1v) is 6.28. The normalized spacial score (nSPS) is 28.7. The molecule has 1 saturated carbocycles. The summed E-state index contributed by atoms with van der Waals surface area (Å²) in [6.45, 7) is 6.93.